The smallest absolute Gasteiger partial charge is 0.326 e. The lowest BCUT2D eigenvalue weighted by atomic mass is 10.1. The Labute approximate surface area is 93.0 Å². The SMILES string of the molecule is CN(C)C(=O)N[C@H](CCCC(=O)O)C(=O)O. The van der Waals surface area contributed by atoms with Crippen LogP contribution in [-0.2, 0) is 9.59 Å². The van der Waals surface area contributed by atoms with Gasteiger partial charge in [-0.3, -0.25) is 4.79 Å². The molecule has 16 heavy (non-hydrogen) atoms. The summed E-state index contributed by atoms with van der Waals surface area (Å²) in [6, 6.07) is -1.56. The van der Waals surface area contributed by atoms with Gasteiger partial charge in [-0.1, -0.05) is 0 Å². The Bertz CT molecular complexity index is 277. The molecule has 0 aromatic heterocycles. The van der Waals surface area contributed by atoms with Gasteiger partial charge in [-0.25, -0.2) is 9.59 Å². The second-order valence-electron chi connectivity index (χ2n) is 3.52. The Morgan fingerprint density at radius 2 is 1.81 bits per heavy atom. The Hall–Kier alpha value is -1.79. The van der Waals surface area contributed by atoms with E-state index < -0.39 is 24.0 Å². The van der Waals surface area contributed by atoms with Gasteiger partial charge in [0.25, 0.3) is 0 Å². The highest BCUT2D eigenvalue weighted by Crippen LogP contribution is 2.02. The van der Waals surface area contributed by atoms with Gasteiger partial charge in [0.2, 0.25) is 0 Å². The fraction of sp³-hybridized carbons (Fsp3) is 0.667. The third-order valence-electron chi connectivity index (χ3n) is 1.89. The largest absolute Gasteiger partial charge is 0.481 e. The molecule has 3 N–H and O–H groups in total. The fourth-order valence-electron chi connectivity index (χ4n) is 0.993. The topological polar surface area (TPSA) is 107 Å². The van der Waals surface area contributed by atoms with Crippen LogP contribution in [0.1, 0.15) is 19.3 Å². The van der Waals surface area contributed by atoms with Gasteiger partial charge in [0.15, 0.2) is 0 Å². The molecule has 0 aliphatic heterocycles. The summed E-state index contributed by atoms with van der Waals surface area (Å²) < 4.78 is 0. The quantitative estimate of drug-likeness (QED) is 0.596. The average Bonchev–Trinajstić information content (AvgIpc) is 2.14. The first-order valence-electron chi connectivity index (χ1n) is 4.77. The molecule has 0 heterocycles. The van der Waals surface area contributed by atoms with Crippen molar-refractivity contribution in [3.63, 3.8) is 0 Å². The summed E-state index contributed by atoms with van der Waals surface area (Å²) in [6.07, 6.45) is 0.197. The van der Waals surface area contributed by atoms with Gasteiger partial charge in [-0.05, 0) is 12.8 Å². The molecule has 0 unspecified atom stereocenters. The minimum Gasteiger partial charge on any atom is -0.481 e. The van der Waals surface area contributed by atoms with Crippen molar-refractivity contribution in [3.8, 4) is 0 Å². The summed E-state index contributed by atoms with van der Waals surface area (Å²) in [5, 5.41) is 19.5. The number of carboxylic acids is 2. The maximum Gasteiger partial charge on any atom is 0.326 e. The minimum atomic E-state index is -1.17. The van der Waals surface area contributed by atoms with Crippen molar-refractivity contribution in [2.45, 2.75) is 25.3 Å². The molecule has 0 saturated heterocycles. The molecule has 92 valence electrons. The monoisotopic (exact) mass is 232 g/mol. The van der Waals surface area contributed by atoms with E-state index in [1.54, 1.807) is 0 Å². The maximum absolute atomic E-state index is 11.2. The molecule has 0 radical (unpaired) electrons. The highest BCUT2D eigenvalue weighted by atomic mass is 16.4. The molecule has 0 fully saturated rings. The second kappa shape index (κ2) is 6.65. The number of hydrogen-bond donors (Lipinski definition) is 3. The van der Waals surface area contributed by atoms with E-state index >= 15 is 0 Å². The zero-order valence-electron chi connectivity index (χ0n) is 9.27. The molecule has 0 rings (SSSR count). The fourth-order valence-corrected chi connectivity index (χ4v) is 0.993. The number of carbonyl (C=O) groups excluding carboxylic acids is 1. The second-order valence-corrected chi connectivity index (χ2v) is 3.52. The number of urea groups is 1. The van der Waals surface area contributed by atoms with Crippen LogP contribution in [0, 0.1) is 0 Å². The number of hydrogen-bond acceptors (Lipinski definition) is 3. The number of aliphatic carboxylic acids is 2. The van der Waals surface area contributed by atoms with Crippen molar-refractivity contribution >= 4 is 18.0 Å². The van der Waals surface area contributed by atoms with Crippen LogP contribution in [0.15, 0.2) is 0 Å². The molecule has 0 aromatic rings. The van der Waals surface area contributed by atoms with Crippen molar-refractivity contribution in [2.75, 3.05) is 14.1 Å². The van der Waals surface area contributed by atoms with Crippen molar-refractivity contribution in [3.05, 3.63) is 0 Å². The van der Waals surface area contributed by atoms with E-state index in [4.69, 9.17) is 10.2 Å². The van der Waals surface area contributed by atoms with Gasteiger partial charge in [0, 0.05) is 20.5 Å². The van der Waals surface area contributed by atoms with Crippen LogP contribution >= 0.6 is 0 Å². The van der Waals surface area contributed by atoms with Gasteiger partial charge >= 0.3 is 18.0 Å². The molecule has 7 heteroatoms. The van der Waals surface area contributed by atoms with Crippen LogP contribution in [0.5, 0.6) is 0 Å². The Balaban J connectivity index is 4.13. The van der Waals surface area contributed by atoms with E-state index in [1.807, 2.05) is 0 Å². The normalized spacial score (nSPS) is 11.6. The Kier molecular flexibility index (Phi) is 5.91. The minimum absolute atomic E-state index is 0.0984. The summed E-state index contributed by atoms with van der Waals surface area (Å²) in [4.78, 5) is 33.4. The maximum atomic E-state index is 11.2. The summed E-state index contributed by atoms with van der Waals surface area (Å²) in [6.45, 7) is 0. The van der Waals surface area contributed by atoms with Crippen LogP contribution in [-0.4, -0.2) is 53.2 Å². The summed E-state index contributed by atoms with van der Waals surface area (Å²) >= 11 is 0. The lowest BCUT2D eigenvalue weighted by Gasteiger charge is -2.17. The van der Waals surface area contributed by atoms with Gasteiger partial charge in [-0.15, -0.1) is 0 Å². The molecule has 0 bridgehead atoms. The number of rotatable bonds is 6. The first-order chi connectivity index (χ1) is 7.34. The van der Waals surface area contributed by atoms with Crippen molar-refractivity contribution in [1.29, 1.82) is 0 Å². The van der Waals surface area contributed by atoms with E-state index in [0.29, 0.717) is 0 Å². The standard InChI is InChI=1S/C9H16N2O5/c1-11(2)9(16)10-6(8(14)15)4-3-5-7(12)13/h6H,3-5H2,1-2H3,(H,10,16)(H,12,13)(H,14,15)/t6-/m1/s1. The number of nitrogens with one attached hydrogen (secondary N) is 1. The van der Waals surface area contributed by atoms with E-state index in [-0.39, 0.29) is 19.3 Å². The third kappa shape index (κ3) is 5.84. The van der Waals surface area contributed by atoms with Crippen LogP contribution in [0.4, 0.5) is 4.79 Å². The third-order valence-corrected chi connectivity index (χ3v) is 1.89. The first kappa shape index (κ1) is 14.2. The van der Waals surface area contributed by atoms with Crippen LogP contribution < -0.4 is 5.32 Å². The summed E-state index contributed by atoms with van der Waals surface area (Å²) in [5.74, 6) is -2.15. The molecule has 0 aliphatic rings. The predicted octanol–water partition coefficient (Wildman–Crippen LogP) is -0.0343. The Morgan fingerprint density at radius 1 is 1.25 bits per heavy atom. The van der Waals surface area contributed by atoms with E-state index in [9.17, 15) is 14.4 Å². The van der Waals surface area contributed by atoms with Gasteiger partial charge < -0.3 is 20.4 Å². The molecular formula is C9H16N2O5. The summed E-state index contributed by atoms with van der Waals surface area (Å²) in [7, 11) is 2.98. The van der Waals surface area contributed by atoms with Crippen LogP contribution in [0.3, 0.4) is 0 Å². The highest BCUT2D eigenvalue weighted by molar-refractivity contribution is 5.82. The zero-order valence-corrected chi connectivity index (χ0v) is 9.27. The number of nitrogens with zero attached hydrogens (tertiary/aromatic N) is 1. The predicted molar refractivity (Wildman–Crippen MR) is 55.1 cm³/mol. The van der Waals surface area contributed by atoms with Crippen molar-refractivity contribution in [2.24, 2.45) is 0 Å². The first-order valence-corrected chi connectivity index (χ1v) is 4.77. The zero-order chi connectivity index (χ0) is 12.7. The van der Waals surface area contributed by atoms with E-state index in [0.717, 1.165) is 0 Å². The lowest BCUT2D eigenvalue weighted by Crippen LogP contribution is -2.45. The molecular weight excluding hydrogens is 216 g/mol. The molecule has 0 aliphatic carbocycles. The molecule has 2 amide bonds. The lowest BCUT2D eigenvalue weighted by molar-refractivity contribution is -0.140. The number of carbonyl (C=O) groups is 3. The molecule has 0 saturated carbocycles. The summed E-state index contributed by atoms with van der Waals surface area (Å²) in [5.41, 5.74) is 0. The average molecular weight is 232 g/mol. The van der Waals surface area contributed by atoms with Gasteiger partial charge in [0.05, 0.1) is 0 Å². The number of carboxylic acid groups (broad SMARTS) is 2. The van der Waals surface area contributed by atoms with E-state index in [2.05, 4.69) is 5.32 Å². The van der Waals surface area contributed by atoms with Crippen LogP contribution in [0.2, 0.25) is 0 Å². The molecule has 0 aromatic carbocycles. The van der Waals surface area contributed by atoms with Crippen LogP contribution in [0.25, 0.3) is 0 Å². The molecule has 7 nitrogen and oxygen atoms in total. The van der Waals surface area contributed by atoms with Gasteiger partial charge in [-0.2, -0.15) is 0 Å². The molecule has 1 atom stereocenters. The molecule has 0 spiro atoms. The van der Waals surface area contributed by atoms with Crippen molar-refractivity contribution < 1.29 is 24.6 Å². The van der Waals surface area contributed by atoms with Crippen molar-refractivity contribution in [1.82, 2.24) is 10.2 Å². The number of amides is 2. The highest BCUT2D eigenvalue weighted by Gasteiger charge is 2.20. The Morgan fingerprint density at radius 3 is 2.19 bits per heavy atom. The van der Waals surface area contributed by atoms with E-state index in [1.165, 1.54) is 19.0 Å². The van der Waals surface area contributed by atoms with Gasteiger partial charge in [0.1, 0.15) is 6.04 Å².